The summed E-state index contributed by atoms with van der Waals surface area (Å²) in [6.45, 7) is 9.80. The van der Waals surface area contributed by atoms with Crippen LogP contribution in [0.4, 0.5) is 5.69 Å². The van der Waals surface area contributed by atoms with Crippen LogP contribution in [-0.4, -0.2) is 105 Å². The van der Waals surface area contributed by atoms with Crippen molar-refractivity contribution in [2.45, 2.75) is 65.1 Å². The van der Waals surface area contributed by atoms with Gasteiger partial charge in [-0.15, -0.1) is 10.2 Å². The molecular weight excluding hydrogens is 846 g/mol. The van der Waals surface area contributed by atoms with E-state index in [1.54, 1.807) is 53.2 Å². The highest BCUT2D eigenvalue weighted by molar-refractivity contribution is 6.31. The Labute approximate surface area is 372 Å². The molecule has 1 unspecified atom stereocenters. The summed E-state index contributed by atoms with van der Waals surface area (Å²) >= 11 is 6.23. The lowest BCUT2D eigenvalue weighted by molar-refractivity contribution is -0.164. The number of halogens is 1. The fraction of sp³-hybridized carbons (Fsp3) is 0.409. The molecule has 1 saturated carbocycles. The van der Waals surface area contributed by atoms with Crippen LogP contribution in [0.15, 0.2) is 71.7 Å². The summed E-state index contributed by atoms with van der Waals surface area (Å²) in [6, 6.07) is 17.9. The number of nitriles is 1. The number of nitrogens with one attached hydrogen (secondary N) is 4. The normalized spacial score (nSPS) is 18.7. The molecule has 1 saturated heterocycles. The molecule has 64 heavy (non-hydrogen) atoms. The largest absolute Gasteiger partial charge is 0.489 e. The summed E-state index contributed by atoms with van der Waals surface area (Å²) in [5, 5.41) is 37.3. The molecule has 4 amide bonds. The first-order chi connectivity index (χ1) is 30.6. The van der Waals surface area contributed by atoms with Gasteiger partial charge in [0, 0.05) is 53.6 Å². The Morgan fingerprint density at radius 3 is 2.41 bits per heavy atom. The van der Waals surface area contributed by atoms with E-state index in [1.807, 2.05) is 18.3 Å². The third kappa shape index (κ3) is 10.0. The van der Waals surface area contributed by atoms with Gasteiger partial charge in [-0.25, -0.2) is 4.68 Å². The Morgan fingerprint density at radius 1 is 0.938 bits per heavy atom. The van der Waals surface area contributed by atoms with Gasteiger partial charge in [0.05, 0.1) is 66.5 Å². The lowest BCUT2D eigenvalue weighted by Crippen LogP contribution is -2.74. The minimum absolute atomic E-state index is 0.0581. The summed E-state index contributed by atoms with van der Waals surface area (Å²) in [5.41, 5.74) is 1.88. The van der Waals surface area contributed by atoms with Gasteiger partial charge in [0.1, 0.15) is 29.5 Å². The fourth-order valence-electron chi connectivity index (χ4n) is 8.41. The molecule has 20 heteroatoms. The topological polar surface area (TPSA) is 246 Å². The number of hydrogen-bond donors (Lipinski definition) is 4. The molecule has 19 nitrogen and oxygen atoms in total. The first-order valence-electron chi connectivity index (χ1n) is 20.7. The average molecular weight is 894 g/mol. The number of carbonyl (C=O) groups excluding carboxylic acids is 4. The molecule has 7 rings (SSSR count). The van der Waals surface area contributed by atoms with Gasteiger partial charge in [-0.3, -0.25) is 29.3 Å². The average Bonchev–Trinajstić information content (AvgIpc) is 3.75. The maximum absolute atomic E-state index is 13.4. The number of aromatic nitrogens is 6. The molecule has 1 aliphatic carbocycles. The molecule has 0 spiro atoms. The van der Waals surface area contributed by atoms with Crippen LogP contribution in [0.2, 0.25) is 5.02 Å². The van der Waals surface area contributed by atoms with E-state index in [1.165, 1.54) is 0 Å². The van der Waals surface area contributed by atoms with Crippen molar-refractivity contribution in [1.29, 1.82) is 5.26 Å². The van der Waals surface area contributed by atoms with Crippen LogP contribution in [0.3, 0.4) is 0 Å². The molecule has 334 valence electrons. The Morgan fingerprint density at radius 2 is 1.69 bits per heavy atom. The minimum atomic E-state index is -0.934. The monoisotopic (exact) mass is 893 g/mol. The number of rotatable bonds is 18. The van der Waals surface area contributed by atoms with Crippen LogP contribution in [-0.2, 0) is 30.3 Å². The number of nitrogens with zero attached hydrogens (tertiary/aromatic N) is 7. The minimum Gasteiger partial charge on any atom is -0.489 e. The molecule has 1 aliphatic heterocycles. The van der Waals surface area contributed by atoms with Gasteiger partial charge >= 0.3 is 0 Å². The molecule has 3 heterocycles. The molecule has 2 fully saturated rings. The molecule has 0 radical (unpaired) electrons. The Bertz CT molecular complexity index is 2640. The first-order valence-corrected chi connectivity index (χ1v) is 21.1. The summed E-state index contributed by atoms with van der Waals surface area (Å²) in [7, 11) is 0. The second-order valence-corrected chi connectivity index (χ2v) is 17.1. The number of ether oxygens (including phenoxy) is 3. The number of imide groups is 1. The molecule has 2 aromatic heterocycles. The third-order valence-corrected chi connectivity index (χ3v) is 11.8. The maximum Gasteiger partial charge on any atom is 0.278 e. The molecular formula is C44H48ClN11O8. The summed E-state index contributed by atoms with van der Waals surface area (Å²) in [6.07, 6.45) is 2.36. The molecule has 5 aromatic rings. The zero-order valence-electron chi connectivity index (χ0n) is 35.7. The van der Waals surface area contributed by atoms with Crippen molar-refractivity contribution in [3.05, 3.63) is 99.1 Å². The Hall–Kier alpha value is -6.75. The molecule has 0 bridgehead atoms. The second-order valence-electron chi connectivity index (χ2n) is 16.7. The number of hydrogen-bond acceptors (Lipinski definition) is 14. The van der Waals surface area contributed by atoms with Crippen molar-refractivity contribution < 1.29 is 33.4 Å². The lowest BCUT2D eigenvalue weighted by Gasteiger charge is -2.63. The van der Waals surface area contributed by atoms with Crippen molar-refractivity contribution >= 4 is 51.8 Å². The van der Waals surface area contributed by atoms with Crippen molar-refractivity contribution in [2.75, 3.05) is 44.8 Å². The molecule has 2 aliphatic rings. The Balaban J connectivity index is 0.769. The second kappa shape index (κ2) is 19.3. The van der Waals surface area contributed by atoms with Gasteiger partial charge in [-0.05, 0) is 61.0 Å². The van der Waals surface area contributed by atoms with E-state index < -0.39 is 34.2 Å². The van der Waals surface area contributed by atoms with Crippen molar-refractivity contribution in [3.63, 3.8) is 0 Å². The molecule has 3 aromatic carbocycles. The summed E-state index contributed by atoms with van der Waals surface area (Å²) < 4.78 is 20.2. The standard InChI is InChI=1S/C44H48ClN11O8/c1-43(2)41(44(3,4)42(43)64-31-11-7-27(23-46)33(45)22-31)50-38(59)26-5-9-30(10-6-26)55-25-29(51-53-55)15-17-62-19-20-63-18-16-47-37(58)24-48-28-8-12-34-32(21-28)40(61)56(54-52-34)35-13-14-36(57)49-39(35)60/h5-12,21-22,25,35,41-42,48H,13-20,24H2,1-4H3,(H,47,58)(H,50,59)(H,49,57,60)/t35?,41-,42-. The first kappa shape index (κ1) is 45.3. The van der Waals surface area contributed by atoms with Crippen molar-refractivity contribution in [3.8, 4) is 17.5 Å². The Kier molecular flexibility index (Phi) is 13.7. The van der Waals surface area contributed by atoms with E-state index in [2.05, 4.69) is 75.7 Å². The van der Waals surface area contributed by atoms with Gasteiger partial charge in [0.15, 0.2) is 0 Å². The van der Waals surface area contributed by atoms with Gasteiger partial charge in [0.2, 0.25) is 11.8 Å². The SMILES string of the molecule is CC1(C)[C@H](NC(=O)c2ccc(-n3cc(CCOCCOCCNC(=O)CNc4ccc5nnn(C6CCC(=O)NC6=O)c(=O)c5c4)nn3)cc2)C(C)(C)[C@H]1Oc1ccc(C#N)c(Cl)c1. The molecule has 4 N–H and O–H groups in total. The fourth-order valence-corrected chi connectivity index (χ4v) is 8.62. The summed E-state index contributed by atoms with van der Waals surface area (Å²) in [5.74, 6) is -0.913. The zero-order chi connectivity index (χ0) is 45.6. The van der Waals surface area contributed by atoms with Gasteiger partial charge < -0.3 is 30.2 Å². The maximum atomic E-state index is 13.4. The van der Waals surface area contributed by atoms with E-state index in [-0.39, 0.29) is 61.9 Å². The highest BCUT2D eigenvalue weighted by Gasteiger charge is 2.64. The van der Waals surface area contributed by atoms with E-state index in [4.69, 9.17) is 25.8 Å². The summed E-state index contributed by atoms with van der Waals surface area (Å²) in [4.78, 5) is 62.7. The van der Waals surface area contributed by atoms with Gasteiger partial charge in [0.25, 0.3) is 17.4 Å². The van der Waals surface area contributed by atoms with Crippen LogP contribution in [0.25, 0.3) is 16.6 Å². The number of piperidine rings is 1. The number of benzene rings is 3. The zero-order valence-corrected chi connectivity index (χ0v) is 36.5. The van der Waals surface area contributed by atoms with E-state index >= 15 is 0 Å². The quantitative estimate of drug-likeness (QED) is 0.0729. The van der Waals surface area contributed by atoms with Crippen LogP contribution in [0.1, 0.15) is 68.2 Å². The number of amides is 4. The third-order valence-electron chi connectivity index (χ3n) is 11.5. The smallest absolute Gasteiger partial charge is 0.278 e. The van der Waals surface area contributed by atoms with Gasteiger partial charge in [-0.1, -0.05) is 49.7 Å². The number of carbonyl (C=O) groups is 4. The van der Waals surface area contributed by atoms with Crippen LogP contribution < -0.4 is 31.6 Å². The van der Waals surface area contributed by atoms with Crippen molar-refractivity contribution in [2.24, 2.45) is 10.8 Å². The number of anilines is 1. The van der Waals surface area contributed by atoms with Crippen LogP contribution in [0.5, 0.6) is 5.75 Å². The highest BCUT2D eigenvalue weighted by atomic mass is 35.5. The van der Waals surface area contributed by atoms with Gasteiger partial charge in [-0.2, -0.15) is 9.94 Å². The highest BCUT2D eigenvalue weighted by Crippen LogP contribution is 2.55. The van der Waals surface area contributed by atoms with Crippen LogP contribution >= 0.6 is 11.6 Å². The molecule has 1 atom stereocenters. The predicted molar refractivity (Wildman–Crippen MR) is 233 cm³/mol. The van der Waals surface area contributed by atoms with E-state index in [9.17, 15) is 29.2 Å². The predicted octanol–water partition coefficient (Wildman–Crippen LogP) is 3.29. The van der Waals surface area contributed by atoms with E-state index in [0.29, 0.717) is 59.3 Å². The van der Waals surface area contributed by atoms with Crippen LogP contribution in [0, 0.1) is 22.2 Å². The lowest BCUT2D eigenvalue weighted by atomic mass is 9.49. The van der Waals surface area contributed by atoms with Crippen molar-refractivity contribution in [1.82, 2.24) is 45.9 Å². The van der Waals surface area contributed by atoms with E-state index in [0.717, 1.165) is 16.1 Å². The number of fused-ring (bicyclic) bond motifs is 1.